The highest BCUT2D eigenvalue weighted by molar-refractivity contribution is 7.79. The molecule has 0 bridgehead atoms. The quantitative estimate of drug-likeness (QED) is 0.187. The van der Waals surface area contributed by atoms with E-state index in [1.54, 1.807) is 6.92 Å². The number of unbranched alkanes of at least 4 members (excludes halogenated alkanes) is 2. The molecule has 1 aliphatic rings. The van der Waals surface area contributed by atoms with E-state index in [-0.39, 0.29) is 36.6 Å². The van der Waals surface area contributed by atoms with Gasteiger partial charge in [0.05, 0.1) is 6.54 Å². The third-order valence-electron chi connectivity index (χ3n) is 5.51. The van der Waals surface area contributed by atoms with Gasteiger partial charge in [-0.15, -0.1) is 0 Å². The second kappa shape index (κ2) is 16.6. The van der Waals surface area contributed by atoms with Gasteiger partial charge in [-0.1, -0.05) is 32.8 Å². The topological polar surface area (TPSA) is 125 Å². The molecule has 9 nitrogen and oxygen atoms in total. The summed E-state index contributed by atoms with van der Waals surface area (Å²) in [6, 6.07) is 3.07. The molecule has 0 aliphatic carbocycles. The first kappa shape index (κ1) is 31.9. The van der Waals surface area contributed by atoms with E-state index in [4.69, 9.17) is 0 Å². The van der Waals surface area contributed by atoms with E-state index in [0.29, 0.717) is 37.2 Å². The van der Waals surface area contributed by atoms with Gasteiger partial charge in [0.2, 0.25) is 17.7 Å². The van der Waals surface area contributed by atoms with Crippen LogP contribution in [0, 0.1) is 13.8 Å². The van der Waals surface area contributed by atoms with Crippen molar-refractivity contribution < 1.29 is 24.0 Å². The Bertz CT molecular complexity index is 991. The molecule has 2 rings (SSSR count). The number of nitrogens with zero attached hydrogens (tertiary/aromatic N) is 1. The number of hydrogen-bond acceptors (Lipinski definition) is 6. The minimum absolute atomic E-state index is 0.227. The van der Waals surface area contributed by atoms with Crippen LogP contribution in [0.2, 0.25) is 0 Å². The molecule has 1 heterocycles. The second-order valence-corrected chi connectivity index (χ2v) is 9.30. The van der Waals surface area contributed by atoms with Gasteiger partial charge in [0, 0.05) is 36.6 Å². The van der Waals surface area contributed by atoms with E-state index in [2.05, 4.69) is 42.4 Å². The Morgan fingerprint density at radius 2 is 1.57 bits per heavy atom. The van der Waals surface area contributed by atoms with Gasteiger partial charge < -0.3 is 16.0 Å². The van der Waals surface area contributed by atoms with Gasteiger partial charge in [-0.05, 0) is 56.4 Å². The van der Waals surface area contributed by atoms with Crippen LogP contribution >= 0.6 is 12.6 Å². The van der Waals surface area contributed by atoms with Crippen LogP contribution in [0.25, 0.3) is 0 Å². The van der Waals surface area contributed by atoms with E-state index in [1.165, 1.54) is 23.5 Å². The lowest BCUT2D eigenvalue weighted by Gasteiger charge is -2.17. The van der Waals surface area contributed by atoms with Crippen molar-refractivity contribution in [3.05, 3.63) is 41.0 Å². The number of carbonyl (C=O) groups excluding carboxylic acids is 5. The van der Waals surface area contributed by atoms with Crippen molar-refractivity contribution in [1.29, 1.82) is 0 Å². The molecule has 204 valence electrons. The van der Waals surface area contributed by atoms with Crippen LogP contribution in [0.3, 0.4) is 0 Å². The maximum atomic E-state index is 12.5. The highest BCUT2D eigenvalue weighted by Gasteiger charge is 2.22. The summed E-state index contributed by atoms with van der Waals surface area (Å²) in [5, 5.41) is 7.93. The second-order valence-electron chi connectivity index (χ2n) is 8.99. The Labute approximate surface area is 225 Å². The molecule has 0 fully saturated rings. The number of anilines is 1. The van der Waals surface area contributed by atoms with Crippen LogP contribution in [-0.4, -0.2) is 53.6 Å². The van der Waals surface area contributed by atoms with Crippen molar-refractivity contribution in [2.24, 2.45) is 0 Å². The van der Waals surface area contributed by atoms with Crippen LogP contribution in [-0.2, 0) is 29.7 Å². The van der Waals surface area contributed by atoms with Crippen molar-refractivity contribution in [2.75, 3.05) is 18.4 Å². The Balaban J connectivity index is 0.00000217. The van der Waals surface area contributed by atoms with Crippen LogP contribution in [0.4, 0.5) is 5.69 Å². The first-order valence-corrected chi connectivity index (χ1v) is 13.3. The Morgan fingerprint density at radius 1 is 0.946 bits per heavy atom. The molecule has 3 N–H and O–H groups in total. The molecule has 0 radical (unpaired) electrons. The molecule has 5 amide bonds. The lowest BCUT2D eigenvalue weighted by molar-refractivity contribution is -0.137. The first-order valence-electron chi connectivity index (χ1n) is 12.6. The normalized spacial score (nSPS) is 13.1. The average molecular weight is 533 g/mol. The standard InChI is InChI=1S/C24H32N4O5S.C3H8/c1-15-12-19(16(2)11-18(15)14-34)27-24(33)17(3)26-21(30)13-25-20(29)7-5-4-6-10-28-22(31)8-9-23(28)32;1-3-2/h8-9,11-12,17,34H,4-7,10,13-14H2,1-3H3,(H,25,29)(H,26,30)(H,27,33);3H2,1-2H3. The predicted octanol–water partition coefficient (Wildman–Crippen LogP) is 3.19. The monoisotopic (exact) mass is 532 g/mol. The molecular weight excluding hydrogens is 492 g/mol. The van der Waals surface area contributed by atoms with Gasteiger partial charge in [0.1, 0.15) is 6.04 Å². The minimum atomic E-state index is -0.779. The fourth-order valence-electron chi connectivity index (χ4n) is 3.43. The van der Waals surface area contributed by atoms with Gasteiger partial charge in [0.25, 0.3) is 11.8 Å². The van der Waals surface area contributed by atoms with Gasteiger partial charge in [-0.25, -0.2) is 0 Å². The molecule has 1 aromatic rings. The van der Waals surface area contributed by atoms with Crippen LogP contribution in [0.5, 0.6) is 0 Å². The lowest BCUT2D eigenvalue weighted by Crippen LogP contribution is -2.45. The first-order chi connectivity index (χ1) is 17.5. The molecule has 1 aromatic carbocycles. The molecule has 0 aromatic heterocycles. The predicted molar refractivity (Wildman–Crippen MR) is 148 cm³/mol. The van der Waals surface area contributed by atoms with E-state index < -0.39 is 11.9 Å². The Hall–Kier alpha value is -3.14. The zero-order valence-corrected chi connectivity index (χ0v) is 23.4. The summed E-state index contributed by atoms with van der Waals surface area (Å²) in [5.41, 5.74) is 3.69. The number of imide groups is 1. The molecular formula is C27H40N4O5S. The summed E-state index contributed by atoms with van der Waals surface area (Å²) in [7, 11) is 0. The minimum Gasteiger partial charge on any atom is -0.347 e. The highest BCUT2D eigenvalue weighted by Crippen LogP contribution is 2.22. The number of rotatable bonds is 12. The third-order valence-corrected chi connectivity index (χ3v) is 5.85. The summed E-state index contributed by atoms with van der Waals surface area (Å²) in [5.74, 6) is -1.12. The number of nitrogens with one attached hydrogen (secondary N) is 3. The van der Waals surface area contributed by atoms with E-state index in [1.807, 2.05) is 26.0 Å². The average Bonchev–Trinajstić information content (AvgIpc) is 3.17. The van der Waals surface area contributed by atoms with Crippen LogP contribution in [0.1, 0.15) is 69.6 Å². The smallest absolute Gasteiger partial charge is 0.253 e. The van der Waals surface area contributed by atoms with E-state index in [9.17, 15) is 24.0 Å². The van der Waals surface area contributed by atoms with Crippen molar-refractivity contribution in [3.8, 4) is 0 Å². The highest BCUT2D eigenvalue weighted by atomic mass is 32.1. The summed E-state index contributed by atoms with van der Waals surface area (Å²) >= 11 is 4.30. The zero-order chi connectivity index (χ0) is 28.0. The van der Waals surface area contributed by atoms with Gasteiger partial charge in [0.15, 0.2) is 0 Å². The summed E-state index contributed by atoms with van der Waals surface area (Å²) < 4.78 is 0. The Kier molecular flexibility index (Phi) is 14.3. The third kappa shape index (κ3) is 11.2. The fourth-order valence-corrected chi connectivity index (χ4v) is 3.77. The molecule has 37 heavy (non-hydrogen) atoms. The Morgan fingerprint density at radius 3 is 2.16 bits per heavy atom. The summed E-state index contributed by atoms with van der Waals surface area (Å²) in [6.45, 7) is 9.76. The summed E-state index contributed by atoms with van der Waals surface area (Å²) in [4.78, 5) is 60.6. The van der Waals surface area contributed by atoms with Crippen molar-refractivity contribution in [2.45, 2.75) is 78.5 Å². The SMILES string of the molecule is CCC.Cc1cc(NC(=O)C(C)NC(=O)CNC(=O)CCCCCN2C(=O)C=CC2=O)c(C)cc1CS. The largest absolute Gasteiger partial charge is 0.347 e. The van der Waals surface area contributed by atoms with Crippen molar-refractivity contribution >= 4 is 47.9 Å². The summed E-state index contributed by atoms with van der Waals surface area (Å²) in [6.07, 6.45) is 5.81. The van der Waals surface area contributed by atoms with Crippen molar-refractivity contribution in [1.82, 2.24) is 15.5 Å². The van der Waals surface area contributed by atoms with Crippen LogP contribution in [0.15, 0.2) is 24.3 Å². The number of thiol groups is 1. The molecule has 1 unspecified atom stereocenters. The zero-order valence-electron chi connectivity index (χ0n) is 22.5. The number of benzene rings is 1. The van der Waals surface area contributed by atoms with Gasteiger partial charge >= 0.3 is 0 Å². The number of carbonyl (C=O) groups is 5. The molecule has 0 spiro atoms. The molecule has 1 atom stereocenters. The lowest BCUT2D eigenvalue weighted by atomic mass is 10.0. The van der Waals surface area contributed by atoms with E-state index in [0.717, 1.165) is 16.7 Å². The number of aryl methyl sites for hydroxylation is 2. The maximum absolute atomic E-state index is 12.5. The van der Waals surface area contributed by atoms with E-state index >= 15 is 0 Å². The fraction of sp³-hybridized carbons (Fsp3) is 0.519. The molecule has 10 heteroatoms. The number of hydrogen-bond donors (Lipinski definition) is 4. The molecule has 0 saturated heterocycles. The number of amides is 5. The molecule has 1 aliphatic heterocycles. The van der Waals surface area contributed by atoms with Gasteiger partial charge in [-0.3, -0.25) is 28.9 Å². The van der Waals surface area contributed by atoms with Crippen LogP contribution < -0.4 is 16.0 Å². The molecule has 0 saturated carbocycles. The van der Waals surface area contributed by atoms with Gasteiger partial charge in [-0.2, -0.15) is 12.6 Å². The van der Waals surface area contributed by atoms with Crippen molar-refractivity contribution in [3.63, 3.8) is 0 Å². The maximum Gasteiger partial charge on any atom is 0.253 e.